The molecule has 1 aliphatic rings. The molecule has 2 rings (SSSR count). The van der Waals surface area contributed by atoms with Crippen molar-refractivity contribution in [1.82, 2.24) is 14.0 Å². The van der Waals surface area contributed by atoms with Crippen molar-refractivity contribution in [1.29, 1.82) is 0 Å². The first-order valence-electron chi connectivity index (χ1n) is 6.83. The molecule has 0 spiro atoms. The van der Waals surface area contributed by atoms with Crippen LogP contribution in [0.2, 0.25) is 0 Å². The zero-order chi connectivity index (χ0) is 15.5. The highest BCUT2D eigenvalue weighted by Crippen LogP contribution is 2.19. The third kappa shape index (κ3) is 4.02. The van der Waals surface area contributed by atoms with Gasteiger partial charge in [-0.1, -0.05) is 6.92 Å². The van der Waals surface area contributed by atoms with E-state index in [1.54, 1.807) is 6.20 Å². The van der Waals surface area contributed by atoms with Crippen molar-refractivity contribution in [2.45, 2.75) is 32.7 Å². The second kappa shape index (κ2) is 6.54. The molecule has 1 atom stereocenters. The van der Waals surface area contributed by atoms with E-state index in [-0.39, 0.29) is 13.1 Å². The number of aromatic nitrogens is 1. The van der Waals surface area contributed by atoms with Gasteiger partial charge in [-0.2, -0.15) is 17.4 Å². The predicted molar refractivity (Wildman–Crippen MR) is 73.6 cm³/mol. The number of aliphatic carboxylic acids is 1. The van der Waals surface area contributed by atoms with Gasteiger partial charge in [0.25, 0.3) is 10.2 Å². The molecule has 1 aromatic heterocycles. The molecule has 1 fully saturated rings. The Labute approximate surface area is 123 Å². The molecule has 0 amide bonds. The minimum atomic E-state index is -3.73. The van der Waals surface area contributed by atoms with Gasteiger partial charge in [0, 0.05) is 19.5 Å². The summed E-state index contributed by atoms with van der Waals surface area (Å²) in [5.41, 5.74) is 0. The fraction of sp³-hybridized carbons (Fsp3) is 0.667. The van der Waals surface area contributed by atoms with E-state index in [1.807, 2.05) is 6.92 Å². The molecule has 0 aromatic carbocycles. The highest BCUT2D eigenvalue weighted by molar-refractivity contribution is 7.87. The van der Waals surface area contributed by atoms with Crippen molar-refractivity contribution >= 4 is 16.2 Å². The zero-order valence-electron chi connectivity index (χ0n) is 11.8. The van der Waals surface area contributed by atoms with E-state index in [1.165, 1.54) is 4.31 Å². The maximum atomic E-state index is 12.2. The first kappa shape index (κ1) is 15.9. The lowest BCUT2D eigenvalue weighted by atomic mass is 10.0. The first-order valence-corrected chi connectivity index (χ1v) is 8.27. The summed E-state index contributed by atoms with van der Waals surface area (Å²) in [7, 11) is -3.73. The van der Waals surface area contributed by atoms with E-state index in [0.29, 0.717) is 37.5 Å². The SMILES string of the molecule is CCc1cnc(CNS(=O)(=O)N2CCCC(C(=O)O)C2)o1. The standard InChI is InChI=1S/C12H19N3O5S/c1-2-10-6-13-11(20-10)7-14-21(18,19)15-5-3-4-9(8-15)12(16)17/h6,9,14H,2-5,7-8H2,1H3,(H,16,17). The average molecular weight is 317 g/mol. The van der Waals surface area contributed by atoms with Crippen LogP contribution in [0, 0.1) is 5.92 Å². The van der Waals surface area contributed by atoms with Gasteiger partial charge in [-0.05, 0) is 12.8 Å². The van der Waals surface area contributed by atoms with Gasteiger partial charge in [0.05, 0.1) is 18.7 Å². The minimum Gasteiger partial charge on any atom is -0.481 e. The lowest BCUT2D eigenvalue weighted by molar-refractivity contribution is -0.142. The van der Waals surface area contributed by atoms with Crippen LogP contribution < -0.4 is 4.72 Å². The van der Waals surface area contributed by atoms with Gasteiger partial charge < -0.3 is 9.52 Å². The first-order chi connectivity index (χ1) is 9.92. The number of piperidine rings is 1. The molecule has 0 saturated carbocycles. The van der Waals surface area contributed by atoms with Crippen LogP contribution in [0.3, 0.4) is 0 Å². The smallest absolute Gasteiger partial charge is 0.307 e. The van der Waals surface area contributed by atoms with Crippen molar-refractivity contribution in [3.63, 3.8) is 0 Å². The largest absolute Gasteiger partial charge is 0.481 e. The molecule has 1 saturated heterocycles. The molecule has 21 heavy (non-hydrogen) atoms. The summed E-state index contributed by atoms with van der Waals surface area (Å²) in [6.07, 6.45) is 3.29. The van der Waals surface area contributed by atoms with Crippen molar-refractivity contribution in [3.05, 3.63) is 17.8 Å². The van der Waals surface area contributed by atoms with Crippen molar-refractivity contribution < 1.29 is 22.7 Å². The second-order valence-electron chi connectivity index (χ2n) is 4.94. The molecular weight excluding hydrogens is 298 g/mol. The highest BCUT2D eigenvalue weighted by atomic mass is 32.2. The summed E-state index contributed by atoms with van der Waals surface area (Å²) in [5, 5.41) is 8.99. The number of nitrogens with one attached hydrogen (secondary N) is 1. The summed E-state index contributed by atoms with van der Waals surface area (Å²) in [6.45, 7) is 2.19. The maximum absolute atomic E-state index is 12.2. The van der Waals surface area contributed by atoms with Gasteiger partial charge >= 0.3 is 5.97 Å². The van der Waals surface area contributed by atoms with Gasteiger partial charge in [0.15, 0.2) is 0 Å². The van der Waals surface area contributed by atoms with E-state index < -0.39 is 22.1 Å². The molecule has 1 aliphatic heterocycles. The molecule has 118 valence electrons. The van der Waals surface area contributed by atoms with Crippen molar-refractivity contribution in [2.24, 2.45) is 5.92 Å². The van der Waals surface area contributed by atoms with E-state index >= 15 is 0 Å². The summed E-state index contributed by atoms with van der Waals surface area (Å²) >= 11 is 0. The second-order valence-corrected chi connectivity index (χ2v) is 6.69. The lowest BCUT2D eigenvalue weighted by Crippen LogP contribution is -2.47. The van der Waals surface area contributed by atoms with Crippen molar-refractivity contribution in [3.8, 4) is 0 Å². The molecule has 0 aliphatic carbocycles. The number of aryl methyl sites for hydroxylation is 1. The Kier molecular flexibility index (Phi) is 4.96. The number of hydrogen-bond donors (Lipinski definition) is 2. The number of nitrogens with zero attached hydrogens (tertiary/aromatic N) is 2. The van der Waals surface area contributed by atoms with Crippen LogP contribution in [0.4, 0.5) is 0 Å². The quantitative estimate of drug-likeness (QED) is 0.783. The van der Waals surface area contributed by atoms with Gasteiger partial charge in [0.1, 0.15) is 5.76 Å². The Morgan fingerprint density at radius 3 is 3.00 bits per heavy atom. The Bertz CT molecular complexity index is 598. The summed E-state index contributed by atoms with van der Waals surface area (Å²) in [6, 6.07) is 0. The number of carboxylic acid groups (broad SMARTS) is 1. The van der Waals surface area contributed by atoms with E-state index in [4.69, 9.17) is 9.52 Å². The fourth-order valence-electron chi connectivity index (χ4n) is 2.20. The zero-order valence-corrected chi connectivity index (χ0v) is 12.6. The van der Waals surface area contributed by atoms with E-state index in [9.17, 15) is 13.2 Å². The van der Waals surface area contributed by atoms with Crippen LogP contribution in [0.1, 0.15) is 31.4 Å². The van der Waals surface area contributed by atoms with Crippen LogP contribution in [0.25, 0.3) is 0 Å². The van der Waals surface area contributed by atoms with Crippen LogP contribution in [-0.2, 0) is 28.0 Å². The van der Waals surface area contributed by atoms with Crippen LogP contribution >= 0.6 is 0 Å². The van der Waals surface area contributed by atoms with Gasteiger partial charge in [-0.3, -0.25) is 4.79 Å². The number of oxazole rings is 1. The average Bonchev–Trinajstić information content (AvgIpc) is 2.93. The lowest BCUT2D eigenvalue weighted by Gasteiger charge is -2.29. The summed E-state index contributed by atoms with van der Waals surface area (Å²) < 4.78 is 33.2. The number of carboxylic acids is 1. The van der Waals surface area contributed by atoms with Crippen LogP contribution in [0.15, 0.2) is 10.6 Å². The topological polar surface area (TPSA) is 113 Å². The molecule has 2 N–H and O–H groups in total. The molecule has 1 unspecified atom stereocenters. The Hall–Kier alpha value is -1.45. The van der Waals surface area contributed by atoms with E-state index in [2.05, 4.69) is 9.71 Å². The van der Waals surface area contributed by atoms with Gasteiger partial charge in [-0.25, -0.2) is 4.98 Å². The third-order valence-electron chi connectivity index (χ3n) is 3.43. The Balaban J connectivity index is 1.96. The van der Waals surface area contributed by atoms with Crippen LogP contribution in [-0.4, -0.2) is 41.9 Å². The minimum absolute atomic E-state index is 0.00351. The van der Waals surface area contributed by atoms with E-state index in [0.717, 1.165) is 0 Å². The van der Waals surface area contributed by atoms with Gasteiger partial charge in [-0.15, -0.1) is 0 Å². The molecule has 0 bridgehead atoms. The van der Waals surface area contributed by atoms with Crippen LogP contribution in [0.5, 0.6) is 0 Å². The molecule has 1 aromatic rings. The monoisotopic (exact) mass is 317 g/mol. The third-order valence-corrected chi connectivity index (χ3v) is 4.95. The number of rotatable bonds is 6. The molecule has 2 heterocycles. The molecule has 0 radical (unpaired) electrons. The molecule has 9 heteroatoms. The highest BCUT2D eigenvalue weighted by Gasteiger charge is 2.32. The van der Waals surface area contributed by atoms with Gasteiger partial charge in [0.2, 0.25) is 5.89 Å². The number of hydrogen-bond acceptors (Lipinski definition) is 5. The predicted octanol–water partition coefficient (Wildman–Crippen LogP) is 0.368. The molecular formula is C12H19N3O5S. The molecule has 8 nitrogen and oxygen atoms in total. The number of carbonyl (C=O) groups is 1. The normalized spacial score (nSPS) is 20.5. The Morgan fingerprint density at radius 1 is 1.62 bits per heavy atom. The van der Waals surface area contributed by atoms with Crippen molar-refractivity contribution in [2.75, 3.05) is 13.1 Å². The summed E-state index contributed by atoms with van der Waals surface area (Å²) in [4.78, 5) is 14.9. The maximum Gasteiger partial charge on any atom is 0.307 e. The fourth-order valence-corrected chi connectivity index (χ4v) is 3.43. The Morgan fingerprint density at radius 2 is 2.38 bits per heavy atom. The summed E-state index contributed by atoms with van der Waals surface area (Å²) in [5.74, 6) is -0.630.